The van der Waals surface area contributed by atoms with Crippen LogP contribution in [0.5, 0.6) is 23.0 Å². The molecule has 8 aromatic carbocycles. The summed E-state index contributed by atoms with van der Waals surface area (Å²) in [5.74, 6) is 5.45. The van der Waals surface area contributed by atoms with Gasteiger partial charge in [0.05, 0.1) is 0 Å². The third-order valence-electron chi connectivity index (χ3n) is 9.86. The van der Waals surface area contributed by atoms with Gasteiger partial charge in [-0.15, -0.1) is 12.3 Å². The Hall–Kier alpha value is -6.48. The van der Waals surface area contributed by atoms with E-state index in [0.29, 0.717) is 23.0 Å². The number of rotatable bonds is 9. The average molecular weight is 693 g/mol. The highest BCUT2D eigenvalue weighted by Gasteiger charge is 2.52. The van der Waals surface area contributed by atoms with Crippen LogP contribution in [0.3, 0.4) is 0 Å². The second kappa shape index (κ2) is 14.3. The smallest absolute Gasteiger partial charge is 0.241 e. The summed E-state index contributed by atoms with van der Waals surface area (Å²) in [7, 11) is 0. The third-order valence-corrected chi connectivity index (χ3v) is 9.86. The SMILES string of the molecule is C#CCC1OC(Oc2ccc3ccccc3c2)C(Oc2ccc3ccccc3c2)C(Oc2ccc3ccccc3c2)C1Oc1ccc2ccccc2c1. The van der Waals surface area contributed by atoms with Crippen molar-refractivity contribution in [3.8, 4) is 35.3 Å². The molecule has 5 nitrogen and oxygen atoms in total. The van der Waals surface area contributed by atoms with Crippen molar-refractivity contribution >= 4 is 43.1 Å². The zero-order chi connectivity index (χ0) is 35.6. The van der Waals surface area contributed by atoms with Gasteiger partial charge in [-0.25, -0.2) is 0 Å². The van der Waals surface area contributed by atoms with Crippen LogP contribution in [-0.2, 0) is 4.74 Å². The molecular weight excluding hydrogens is 657 g/mol. The minimum Gasteiger partial charge on any atom is -0.484 e. The first kappa shape index (κ1) is 32.4. The van der Waals surface area contributed by atoms with Crippen molar-refractivity contribution in [2.75, 3.05) is 0 Å². The van der Waals surface area contributed by atoms with E-state index in [9.17, 15) is 0 Å². The van der Waals surface area contributed by atoms with E-state index >= 15 is 0 Å². The largest absolute Gasteiger partial charge is 0.484 e. The molecule has 0 N–H and O–H groups in total. The van der Waals surface area contributed by atoms with Crippen molar-refractivity contribution in [1.82, 2.24) is 0 Å². The van der Waals surface area contributed by atoms with E-state index in [4.69, 9.17) is 30.1 Å². The molecule has 1 saturated heterocycles. The number of ether oxygens (including phenoxy) is 5. The van der Waals surface area contributed by atoms with Crippen LogP contribution in [0.15, 0.2) is 170 Å². The van der Waals surface area contributed by atoms with Crippen LogP contribution < -0.4 is 18.9 Å². The minimum atomic E-state index is -0.914. The van der Waals surface area contributed by atoms with E-state index in [1.165, 1.54) is 0 Å². The molecule has 0 bridgehead atoms. The highest BCUT2D eigenvalue weighted by molar-refractivity contribution is 5.86. The molecule has 53 heavy (non-hydrogen) atoms. The van der Waals surface area contributed by atoms with Gasteiger partial charge in [-0.05, 0) is 91.6 Å². The molecule has 258 valence electrons. The number of hydrogen-bond acceptors (Lipinski definition) is 5. The summed E-state index contributed by atoms with van der Waals surface area (Å²) in [5, 5.41) is 8.67. The van der Waals surface area contributed by atoms with Crippen LogP contribution in [0.25, 0.3) is 43.1 Å². The lowest BCUT2D eigenvalue weighted by Crippen LogP contribution is -2.64. The first-order valence-corrected chi connectivity index (χ1v) is 17.9. The summed E-state index contributed by atoms with van der Waals surface area (Å²) in [6.45, 7) is 0. The molecule has 5 atom stereocenters. The van der Waals surface area contributed by atoms with Gasteiger partial charge in [-0.1, -0.05) is 121 Å². The van der Waals surface area contributed by atoms with Gasteiger partial charge in [0.25, 0.3) is 0 Å². The van der Waals surface area contributed by atoms with Crippen LogP contribution >= 0.6 is 0 Å². The standard InChI is InChI=1S/C48H36O5/c1-2-11-44-45(49-40-24-20-32-12-3-7-16-36(32)28-40)46(50-41-25-21-33-13-4-8-17-37(33)29-41)47(51-42-26-22-34-14-5-9-18-38(34)30-42)48(53-44)52-43-27-23-35-15-6-10-19-39(35)31-43/h1,3-10,12-31,44-48H,11H2. The van der Waals surface area contributed by atoms with E-state index in [-0.39, 0.29) is 6.42 Å². The molecule has 0 aromatic heterocycles. The van der Waals surface area contributed by atoms with Gasteiger partial charge in [-0.3, -0.25) is 0 Å². The Morgan fingerprint density at radius 2 is 0.736 bits per heavy atom. The lowest BCUT2D eigenvalue weighted by molar-refractivity contribution is -0.254. The Morgan fingerprint density at radius 1 is 0.396 bits per heavy atom. The normalized spacial score (nSPS) is 19.9. The molecule has 5 heteroatoms. The molecule has 0 amide bonds. The lowest BCUT2D eigenvalue weighted by atomic mass is 9.95. The molecule has 8 aromatic rings. The van der Waals surface area contributed by atoms with Crippen LogP contribution in [-0.4, -0.2) is 30.7 Å². The fourth-order valence-electron chi connectivity index (χ4n) is 7.22. The maximum atomic E-state index is 7.04. The molecule has 0 radical (unpaired) electrons. The molecule has 1 fully saturated rings. The fourth-order valence-corrected chi connectivity index (χ4v) is 7.22. The van der Waals surface area contributed by atoms with Crippen molar-refractivity contribution in [2.24, 2.45) is 0 Å². The number of hydrogen-bond donors (Lipinski definition) is 0. The van der Waals surface area contributed by atoms with Gasteiger partial charge in [0, 0.05) is 6.42 Å². The Balaban J connectivity index is 1.16. The van der Waals surface area contributed by atoms with E-state index in [2.05, 4.69) is 72.7 Å². The minimum absolute atomic E-state index is 0.260. The number of terminal acetylenes is 1. The molecule has 5 unspecified atom stereocenters. The van der Waals surface area contributed by atoms with Gasteiger partial charge in [0.15, 0.2) is 12.2 Å². The molecular formula is C48H36O5. The van der Waals surface area contributed by atoms with Crippen LogP contribution in [0, 0.1) is 12.3 Å². The van der Waals surface area contributed by atoms with Gasteiger partial charge < -0.3 is 23.7 Å². The monoisotopic (exact) mass is 692 g/mol. The second-order valence-electron chi connectivity index (χ2n) is 13.4. The summed E-state index contributed by atoms with van der Waals surface area (Å²) in [6.07, 6.45) is 2.56. The first-order chi connectivity index (χ1) is 26.2. The molecule has 9 rings (SSSR count). The summed E-state index contributed by atoms with van der Waals surface area (Å²) in [6, 6.07) is 57.0. The molecule has 1 aliphatic heterocycles. The van der Waals surface area contributed by atoms with Crippen molar-refractivity contribution < 1.29 is 23.7 Å². The van der Waals surface area contributed by atoms with E-state index in [1.54, 1.807) is 0 Å². The fraction of sp³-hybridized carbons (Fsp3) is 0.125. The highest BCUT2D eigenvalue weighted by atomic mass is 16.7. The predicted octanol–water partition coefficient (Wildman–Crippen LogP) is 10.8. The lowest BCUT2D eigenvalue weighted by Gasteiger charge is -2.45. The quantitative estimate of drug-likeness (QED) is 0.141. The first-order valence-electron chi connectivity index (χ1n) is 17.9. The van der Waals surface area contributed by atoms with Crippen molar-refractivity contribution in [2.45, 2.75) is 37.1 Å². The van der Waals surface area contributed by atoms with Crippen molar-refractivity contribution in [3.63, 3.8) is 0 Å². The zero-order valence-corrected chi connectivity index (χ0v) is 28.9. The average Bonchev–Trinajstić information content (AvgIpc) is 3.20. The molecule has 0 spiro atoms. The van der Waals surface area contributed by atoms with Crippen molar-refractivity contribution in [1.29, 1.82) is 0 Å². The third kappa shape index (κ3) is 6.81. The molecule has 0 saturated carbocycles. The predicted molar refractivity (Wildman–Crippen MR) is 212 cm³/mol. The van der Waals surface area contributed by atoms with Crippen LogP contribution in [0.2, 0.25) is 0 Å². The maximum absolute atomic E-state index is 7.04. The summed E-state index contributed by atoms with van der Waals surface area (Å²) in [4.78, 5) is 0. The Morgan fingerprint density at radius 3 is 1.13 bits per heavy atom. The van der Waals surface area contributed by atoms with Gasteiger partial charge >= 0.3 is 0 Å². The molecule has 1 heterocycles. The van der Waals surface area contributed by atoms with E-state index in [0.717, 1.165) is 43.1 Å². The topological polar surface area (TPSA) is 46.2 Å². The second-order valence-corrected chi connectivity index (χ2v) is 13.4. The van der Waals surface area contributed by atoms with E-state index < -0.39 is 30.7 Å². The van der Waals surface area contributed by atoms with Crippen LogP contribution in [0.4, 0.5) is 0 Å². The Labute approximate surface area is 308 Å². The summed E-state index contributed by atoms with van der Waals surface area (Å²) >= 11 is 0. The van der Waals surface area contributed by atoms with Gasteiger partial charge in [0.2, 0.25) is 12.4 Å². The maximum Gasteiger partial charge on any atom is 0.241 e. The molecule has 0 aliphatic carbocycles. The van der Waals surface area contributed by atoms with Gasteiger partial charge in [-0.2, -0.15) is 0 Å². The molecule has 1 aliphatic rings. The van der Waals surface area contributed by atoms with Crippen molar-refractivity contribution in [3.05, 3.63) is 170 Å². The Kier molecular flexibility index (Phi) is 8.73. The highest BCUT2D eigenvalue weighted by Crippen LogP contribution is 2.36. The summed E-state index contributed by atoms with van der Waals surface area (Å²) < 4.78 is 34.5. The van der Waals surface area contributed by atoms with E-state index in [1.807, 2.05) is 103 Å². The number of fused-ring (bicyclic) bond motifs is 4. The summed E-state index contributed by atoms with van der Waals surface area (Å²) in [5.41, 5.74) is 0. The zero-order valence-electron chi connectivity index (χ0n) is 28.9. The Bertz CT molecular complexity index is 2610. The van der Waals surface area contributed by atoms with Gasteiger partial charge in [0.1, 0.15) is 29.1 Å². The van der Waals surface area contributed by atoms with Crippen LogP contribution in [0.1, 0.15) is 6.42 Å². The number of benzene rings is 8.